The van der Waals surface area contributed by atoms with Crippen LogP contribution in [-0.4, -0.2) is 65.1 Å². The number of aliphatic hydroxyl groups is 1. The molecular formula is C41H46Br4Cl2N4O. The summed E-state index contributed by atoms with van der Waals surface area (Å²) >= 11 is 27.3. The Bertz CT molecular complexity index is 1930. The maximum absolute atomic E-state index is 12.3. The van der Waals surface area contributed by atoms with E-state index in [1.807, 2.05) is 24.4 Å². The third kappa shape index (κ3) is 8.29. The zero-order chi connectivity index (χ0) is 36.0. The zero-order valence-corrected chi connectivity index (χ0v) is 36.7. The molecule has 52 heavy (non-hydrogen) atoms. The van der Waals surface area contributed by atoms with E-state index < -0.39 is 5.60 Å². The molecule has 0 radical (unpaired) electrons. The Labute approximate surface area is 352 Å². The van der Waals surface area contributed by atoms with Gasteiger partial charge in [-0.05, 0) is 194 Å². The molecule has 2 atom stereocenters. The van der Waals surface area contributed by atoms with Crippen LogP contribution in [0.5, 0.6) is 0 Å². The molecule has 2 aromatic heterocycles. The number of fused-ring (bicyclic) bond motifs is 4. The smallest absolute Gasteiger partial charge is 0.136 e. The third-order valence-corrected chi connectivity index (χ3v) is 14.0. The number of hydrogen-bond donors (Lipinski definition) is 1. The van der Waals surface area contributed by atoms with Crippen molar-refractivity contribution in [3.8, 4) is 0 Å². The van der Waals surface area contributed by atoms with Crippen LogP contribution in [0.15, 0.2) is 66.7 Å². The molecule has 0 amide bonds. The molecule has 4 aromatic rings. The Morgan fingerprint density at radius 3 is 1.87 bits per heavy atom. The molecule has 0 unspecified atom stereocenters. The first-order valence-corrected chi connectivity index (χ1v) is 21.7. The normalized spacial score (nSPS) is 22.4. The predicted octanol–water partition coefficient (Wildman–Crippen LogP) is 11.4. The van der Waals surface area contributed by atoms with Crippen LogP contribution in [0.25, 0.3) is 0 Å². The standard InChI is InChI=1S/C20H21Br2ClN2O.C20H21Br2ClN2.CH4/c1-25-6-4-14(5-7-25)20(26)18-12(9-16(23)10-17(18)22)2-3-13-8-15(21)11-24-19(13)20;1-25-6-4-12(5-7-25)19-18-13(9-16(23)10-17(18)22)2-3-14-8-15(21)11-24-20(14)19;/h8-11,14,26H,2-7H2,1H3;8-12,19H,2-7H2,1H3;1H4/t20-;19-;/m01./s1. The lowest BCUT2D eigenvalue weighted by atomic mass is 9.72. The second-order valence-corrected chi connectivity index (χ2v) is 19.1. The van der Waals surface area contributed by atoms with E-state index in [2.05, 4.69) is 106 Å². The number of pyridine rings is 2. The van der Waals surface area contributed by atoms with E-state index in [1.54, 1.807) is 6.20 Å². The number of piperidine rings is 2. The van der Waals surface area contributed by atoms with Gasteiger partial charge in [0.2, 0.25) is 0 Å². The van der Waals surface area contributed by atoms with Gasteiger partial charge in [0, 0.05) is 57.7 Å². The molecule has 4 aliphatic rings. The quantitative estimate of drug-likeness (QED) is 0.217. The average Bonchev–Trinajstić information content (AvgIpc) is 3.32. The van der Waals surface area contributed by atoms with E-state index in [9.17, 15) is 5.11 Å². The van der Waals surface area contributed by atoms with Crippen molar-refractivity contribution in [3.05, 3.63) is 121 Å². The summed E-state index contributed by atoms with van der Waals surface area (Å²) in [5, 5.41) is 13.8. The molecule has 0 spiro atoms. The van der Waals surface area contributed by atoms with Gasteiger partial charge < -0.3 is 14.9 Å². The zero-order valence-electron chi connectivity index (χ0n) is 28.8. The molecule has 2 saturated heterocycles. The van der Waals surface area contributed by atoms with Gasteiger partial charge >= 0.3 is 0 Å². The van der Waals surface area contributed by atoms with Crippen molar-refractivity contribution in [2.45, 2.75) is 70.3 Å². The molecule has 5 nitrogen and oxygen atoms in total. The van der Waals surface area contributed by atoms with E-state index >= 15 is 0 Å². The number of aromatic nitrogens is 2. The van der Waals surface area contributed by atoms with Crippen LogP contribution in [0.4, 0.5) is 0 Å². The molecule has 2 aliphatic carbocycles. The van der Waals surface area contributed by atoms with E-state index in [0.29, 0.717) is 16.9 Å². The molecule has 0 saturated carbocycles. The first kappa shape index (κ1) is 40.8. The maximum atomic E-state index is 12.3. The van der Waals surface area contributed by atoms with Gasteiger partial charge in [0.1, 0.15) is 5.60 Å². The van der Waals surface area contributed by atoms with Crippen molar-refractivity contribution in [2.24, 2.45) is 11.8 Å². The molecular weight excluding hydrogens is 955 g/mol. The molecule has 8 rings (SSSR count). The number of hydrogen-bond acceptors (Lipinski definition) is 5. The van der Waals surface area contributed by atoms with Crippen LogP contribution < -0.4 is 0 Å². The SMILES string of the molecule is C.CN1CCC([C@@]2(O)c3ncc(Br)cc3CCc3cc(Cl)cc(Br)c32)CC1.CN1CCC([C@H]2c3ncc(Br)cc3CCc3cc(Cl)cc(Br)c32)CC1. The number of benzene rings is 2. The van der Waals surface area contributed by atoms with Crippen molar-refractivity contribution in [1.29, 1.82) is 0 Å². The Morgan fingerprint density at radius 2 is 1.19 bits per heavy atom. The lowest BCUT2D eigenvalue weighted by Crippen LogP contribution is -2.44. The fourth-order valence-electron chi connectivity index (χ4n) is 8.87. The van der Waals surface area contributed by atoms with Crippen LogP contribution in [-0.2, 0) is 31.3 Å². The number of aryl methyl sites for hydroxylation is 4. The summed E-state index contributed by atoms with van der Waals surface area (Å²) in [6, 6.07) is 12.5. The van der Waals surface area contributed by atoms with Crippen LogP contribution >= 0.6 is 86.9 Å². The van der Waals surface area contributed by atoms with Crippen LogP contribution in [0.2, 0.25) is 10.0 Å². The summed E-state index contributed by atoms with van der Waals surface area (Å²) in [6.45, 7) is 4.29. The number of likely N-dealkylation sites (tertiary alicyclic amines) is 2. The van der Waals surface area contributed by atoms with Crippen molar-refractivity contribution < 1.29 is 5.11 Å². The van der Waals surface area contributed by atoms with Gasteiger partial charge in [-0.2, -0.15) is 0 Å². The average molecular weight is 1000 g/mol. The van der Waals surface area contributed by atoms with Gasteiger partial charge in [0.25, 0.3) is 0 Å². The van der Waals surface area contributed by atoms with Crippen molar-refractivity contribution >= 4 is 86.9 Å². The van der Waals surface area contributed by atoms with Gasteiger partial charge in [0.15, 0.2) is 0 Å². The number of rotatable bonds is 2. The first-order chi connectivity index (χ1) is 24.4. The number of nitrogens with zero attached hydrogens (tertiary/aromatic N) is 4. The largest absolute Gasteiger partial charge is 0.378 e. The summed E-state index contributed by atoms with van der Waals surface area (Å²) in [7, 11) is 4.36. The van der Waals surface area contributed by atoms with Gasteiger partial charge in [0.05, 0.1) is 11.4 Å². The summed E-state index contributed by atoms with van der Waals surface area (Å²) in [4.78, 5) is 14.4. The van der Waals surface area contributed by atoms with E-state index in [1.165, 1.54) is 35.2 Å². The summed E-state index contributed by atoms with van der Waals surface area (Å²) < 4.78 is 4.02. The second kappa shape index (κ2) is 17.1. The minimum Gasteiger partial charge on any atom is -0.378 e. The fourth-order valence-corrected chi connectivity index (χ4v) is 11.9. The van der Waals surface area contributed by atoms with Gasteiger partial charge in [-0.3, -0.25) is 9.97 Å². The lowest BCUT2D eigenvalue weighted by Gasteiger charge is -2.42. The lowest BCUT2D eigenvalue weighted by molar-refractivity contribution is -0.0153. The highest BCUT2D eigenvalue weighted by molar-refractivity contribution is 9.11. The second-order valence-electron chi connectivity index (χ2n) is 14.7. The minimum absolute atomic E-state index is 0. The summed E-state index contributed by atoms with van der Waals surface area (Å²) in [5.41, 5.74) is 8.29. The highest BCUT2D eigenvalue weighted by atomic mass is 79.9. The monoisotopic (exact) mass is 996 g/mol. The molecule has 11 heteroatoms. The Hall–Kier alpha value is -0.880. The summed E-state index contributed by atoms with van der Waals surface area (Å²) in [5.74, 6) is 1.10. The first-order valence-electron chi connectivity index (χ1n) is 17.8. The Balaban J connectivity index is 0.000000175. The maximum Gasteiger partial charge on any atom is 0.136 e. The molecule has 4 heterocycles. The topological polar surface area (TPSA) is 52.5 Å². The molecule has 278 valence electrons. The van der Waals surface area contributed by atoms with Gasteiger partial charge in [-0.1, -0.05) is 62.5 Å². The van der Waals surface area contributed by atoms with Gasteiger partial charge in [-0.25, -0.2) is 0 Å². The van der Waals surface area contributed by atoms with Crippen LogP contribution in [0.1, 0.15) is 83.8 Å². The van der Waals surface area contributed by atoms with E-state index in [4.69, 9.17) is 33.2 Å². The van der Waals surface area contributed by atoms with Crippen molar-refractivity contribution in [1.82, 2.24) is 19.8 Å². The summed E-state index contributed by atoms with van der Waals surface area (Å²) in [6.07, 6.45) is 11.8. The highest BCUT2D eigenvalue weighted by Crippen LogP contribution is 2.49. The van der Waals surface area contributed by atoms with E-state index in [0.717, 1.165) is 110 Å². The molecule has 2 aliphatic heterocycles. The van der Waals surface area contributed by atoms with Crippen molar-refractivity contribution in [3.63, 3.8) is 0 Å². The Morgan fingerprint density at radius 1 is 0.673 bits per heavy atom. The van der Waals surface area contributed by atoms with Crippen molar-refractivity contribution in [2.75, 3.05) is 40.3 Å². The van der Waals surface area contributed by atoms with Crippen LogP contribution in [0.3, 0.4) is 0 Å². The van der Waals surface area contributed by atoms with Crippen LogP contribution in [0, 0.1) is 11.8 Å². The third-order valence-electron chi connectivity index (χ3n) is 11.4. The molecule has 0 bridgehead atoms. The molecule has 1 N–H and O–H groups in total. The molecule has 2 aromatic carbocycles. The fraction of sp³-hybridized carbons (Fsp3) is 0.463. The minimum atomic E-state index is -1.10. The Kier molecular flexibility index (Phi) is 13.4. The van der Waals surface area contributed by atoms with Gasteiger partial charge in [-0.15, -0.1) is 0 Å². The number of halogens is 6. The van der Waals surface area contributed by atoms with E-state index in [-0.39, 0.29) is 13.3 Å². The highest BCUT2D eigenvalue weighted by Gasteiger charge is 2.47. The molecule has 2 fully saturated rings. The predicted molar refractivity (Wildman–Crippen MR) is 229 cm³/mol.